The number of nitrogens with one attached hydrogen (secondary N) is 1. The SMILES string of the molecule is O=C(COc1ccccc1[N+](=O)[O-])Nc1cccc2ncccc12. The topological polar surface area (TPSA) is 94.4 Å². The standard InChI is InChI=1S/C17H13N3O4/c21-17(11-24-16-9-2-1-8-15(16)20(22)23)19-14-7-3-6-13-12(14)5-4-10-18-13/h1-10H,11H2,(H,19,21). The van der Waals surface area contributed by atoms with Gasteiger partial charge in [-0.15, -0.1) is 0 Å². The average Bonchev–Trinajstić information content (AvgIpc) is 2.60. The Bertz CT molecular complexity index is 906. The lowest BCUT2D eigenvalue weighted by Gasteiger charge is -2.09. The Morgan fingerprint density at radius 2 is 1.96 bits per heavy atom. The number of ether oxygens (including phenoxy) is 1. The highest BCUT2D eigenvalue weighted by Gasteiger charge is 2.15. The zero-order chi connectivity index (χ0) is 16.9. The van der Waals surface area contributed by atoms with Gasteiger partial charge >= 0.3 is 5.69 Å². The van der Waals surface area contributed by atoms with Crippen LogP contribution in [-0.4, -0.2) is 22.4 Å². The third-order valence-electron chi connectivity index (χ3n) is 3.34. The summed E-state index contributed by atoms with van der Waals surface area (Å²) in [6.45, 7) is -0.332. The molecule has 1 amide bonds. The molecule has 3 aromatic rings. The van der Waals surface area contributed by atoms with Gasteiger partial charge in [0, 0.05) is 17.6 Å². The van der Waals surface area contributed by atoms with Gasteiger partial charge in [0.2, 0.25) is 0 Å². The van der Waals surface area contributed by atoms with Gasteiger partial charge in [0.15, 0.2) is 12.4 Å². The molecule has 0 aliphatic heterocycles. The second-order valence-electron chi connectivity index (χ2n) is 4.94. The van der Waals surface area contributed by atoms with Crippen LogP contribution in [0.3, 0.4) is 0 Å². The molecule has 1 heterocycles. The van der Waals surface area contributed by atoms with Crippen molar-refractivity contribution in [1.82, 2.24) is 4.98 Å². The molecule has 0 saturated heterocycles. The van der Waals surface area contributed by atoms with Crippen molar-refractivity contribution in [2.75, 3.05) is 11.9 Å². The summed E-state index contributed by atoms with van der Waals surface area (Å²) in [7, 11) is 0. The molecule has 120 valence electrons. The number of nitro groups is 1. The van der Waals surface area contributed by atoms with E-state index in [1.165, 1.54) is 18.2 Å². The van der Waals surface area contributed by atoms with Gasteiger partial charge in [0.25, 0.3) is 5.91 Å². The van der Waals surface area contributed by atoms with Crippen LogP contribution in [0.4, 0.5) is 11.4 Å². The van der Waals surface area contributed by atoms with Crippen molar-refractivity contribution in [2.24, 2.45) is 0 Å². The number of aromatic nitrogens is 1. The minimum atomic E-state index is -0.552. The lowest BCUT2D eigenvalue weighted by molar-refractivity contribution is -0.385. The minimum absolute atomic E-state index is 0.0530. The molecule has 2 aromatic carbocycles. The van der Waals surface area contributed by atoms with Gasteiger partial charge < -0.3 is 10.1 Å². The Labute approximate surface area is 137 Å². The molecule has 1 N–H and O–H groups in total. The maximum absolute atomic E-state index is 12.1. The molecule has 0 aliphatic rings. The van der Waals surface area contributed by atoms with Crippen molar-refractivity contribution in [3.05, 3.63) is 70.9 Å². The van der Waals surface area contributed by atoms with Gasteiger partial charge in [-0.1, -0.05) is 18.2 Å². The molecule has 0 bridgehead atoms. The van der Waals surface area contributed by atoms with E-state index in [0.29, 0.717) is 5.69 Å². The molecule has 0 atom stereocenters. The molecule has 0 saturated carbocycles. The van der Waals surface area contributed by atoms with E-state index in [1.54, 1.807) is 30.5 Å². The van der Waals surface area contributed by atoms with Crippen LogP contribution in [0.5, 0.6) is 5.75 Å². The van der Waals surface area contributed by atoms with Gasteiger partial charge in [0.05, 0.1) is 16.1 Å². The fourth-order valence-electron chi connectivity index (χ4n) is 2.27. The lowest BCUT2D eigenvalue weighted by Crippen LogP contribution is -2.20. The fourth-order valence-corrected chi connectivity index (χ4v) is 2.27. The van der Waals surface area contributed by atoms with E-state index in [4.69, 9.17) is 4.74 Å². The molecular formula is C17H13N3O4. The fraction of sp³-hybridized carbons (Fsp3) is 0.0588. The number of hydrogen-bond acceptors (Lipinski definition) is 5. The van der Waals surface area contributed by atoms with E-state index < -0.39 is 10.8 Å². The van der Waals surface area contributed by atoms with E-state index in [0.717, 1.165) is 10.9 Å². The zero-order valence-corrected chi connectivity index (χ0v) is 12.5. The molecule has 0 spiro atoms. The number of nitrogens with zero attached hydrogens (tertiary/aromatic N) is 2. The number of fused-ring (bicyclic) bond motifs is 1. The van der Waals surface area contributed by atoms with Gasteiger partial charge in [-0.05, 0) is 30.3 Å². The van der Waals surface area contributed by atoms with Crippen LogP contribution in [-0.2, 0) is 4.79 Å². The van der Waals surface area contributed by atoms with Crippen LogP contribution in [0.15, 0.2) is 60.8 Å². The van der Waals surface area contributed by atoms with E-state index in [9.17, 15) is 14.9 Å². The summed E-state index contributed by atoms with van der Waals surface area (Å²) in [6, 6.07) is 14.9. The average molecular weight is 323 g/mol. The molecule has 1 aromatic heterocycles. The van der Waals surface area contributed by atoms with E-state index >= 15 is 0 Å². The number of anilines is 1. The number of rotatable bonds is 5. The highest BCUT2D eigenvalue weighted by atomic mass is 16.6. The Hall–Kier alpha value is -3.48. The van der Waals surface area contributed by atoms with Crippen molar-refractivity contribution >= 4 is 28.2 Å². The van der Waals surface area contributed by atoms with E-state index in [-0.39, 0.29) is 18.0 Å². The first kappa shape index (κ1) is 15.4. The first-order valence-electron chi connectivity index (χ1n) is 7.15. The van der Waals surface area contributed by atoms with Crippen LogP contribution in [0.2, 0.25) is 0 Å². The normalized spacial score (nSPS) is 10.3. The van der Waals surface area contributed by atoms with Crippen LogP contribution in [0.1, 0.15) is 0 Å². The summed E-state index contributed by atoms with van der Waals surface area (Å²) in [5, 5.41) is 14.5. The maximum Gasteiger partial charge on any atom is 0.310 e. The number of para-hydroxylation sites is 2. The van der Waals surface area contributed by atoms with E-state index in [2.05, 4.69) is 10.3 Å². The molecule has 7 nitrogen and oxygen atoms in total. The molecular weight excluding hydrogens is 310 g/mol. The number of pyridine rings is 1. The number of amides is 1. The van der Waals surface area contributed by atoms with Crippen molar-refractivity contribution < 1.29 is 14.5 Å². The highest BCUT2D eigenvalue weighted by Crippen LogP contribution is 2.26. The van der Waals surface area contributed by atoms with Crippen molar-refractivity contribution in [2.45, 2.75) is 0 Å². The number of nitro benzene ring substituents is 1. The monoisotopic (exact) mass is 323 g/mol. The van der Waals surface area contributed by atoms with Gasteiger partial charge in [-0.2, -0.15) is 0 Å². The third kappa shape index (κ3) is 3.30. The van der Waals surface area contributed by atoms with Crippen LogP contribution in [0, 0.1) is 10.1 Å². The predicted molar refractivity (Wildman–Crippen MR) is 89.0 cm³/mol. The Balaban J connectivity index is 1.71. The molecule has 0 radical (unpaired) electrons. The predicted octanol–water partition coefficient (Wildman–Crippen LogP) is 3.16. The summed E-state index contributed by atoms with van der Waals surface area (Å²) >= 11 is 0. The minimum Gasteiger partial charge on any atom is -0.477 e. The molecule has 0 aliphatic carbocycles. The Morgan fingerprint density at radius 1 is 1.12 bits per heavy atom. The van der Waals surface area contributed by atoms with Crippen molar-refractivity contribution in [3.63, 3.8) is 0 Å². The first-order valence-corrected chi connectivity index (χ1v) is 7.15. The summed E-state index contributed by atoms with van der Waals surface area (Å²) < 4.78 is 5.28. The number of carbonyl (C=O) groups is 1. The Morgan fingerprint density at radius 3 is 2.79 bits per heavy atom. The third-order valence-corrected chi connectivity index (χ3v) is 3.34. The molecule has 3 rings (SSSR count). The number of hydrogen-bond donors (Lipinski definition) is 1. The zero-order valence-electron chi connectivity index (χ0n) is 12.5. The van der Waals surface area contributed by atoms with Gasteiger partial charge in [0.1, 0.15) is 0 Å². The second kappa shape index (κ2) is 6.74. The summed E-state index contributed by atoms with van der Waals surface area (Å²) in [5.74, 6) is -0.359. The second-order valence-corrected chi connectivity index (χ2v) is 4.94. The smallest absolute Gasteiger partial charge is 0.310 e. The number of benzene rings is 2. The summed E-state index contributed by atoms with van der Waals surface area (Å²) in [6.07, 6.45) is 1.67. The maximum atomic E-state index is 12.1. The quantitative estimate of drug-likeness (QED) is 0.575. The van der Waals surface area contributed by atoms with Crippen molar-refractivity contribution in [3.8, 4) is 5.75 Å². The lowest BCUT2D eigenvalue weighted by atomic mass is 10.2. The van der Waals surface area contributed by atoms with Crippen LogP contribution in [0.25, 0.3) is 10.9 Å². The highest BCUT2D eigenvalue weighted by molar-refractivity contribution is 6.01. The summed E-state index contributed by atoms with van der Waals surface area (Å²) in [4.78, 5) is 26.7. The van der Waals surface area contributed by atoms with E-state index in [1.807, 2.05) is 12.1 Å². The largest absolute Gasteiger partial charge is 0.477 e. The van der Waals surface area contributed by atoms with Crippen LogP contribution < -0.4 is 10.1 Å². The molecule has 0 unspecified atom stereocenters. The molecule has 24 heavy (non-hydrogen) atoms. The van der Waals surface area contributed by atoms with Gasteiger partial charge in [-0.25, -0.2) is 0 Å². The molecule has 7 heteroatoms. The summed E-state index contributed by atoms with van der Waals surface area (Å²) in [5.41, 5.74) is 1.19. The number of carbonyl (C=O) groups excluding carboxylic acids is 1. The first-order chi connectivity index (χ1) is 11.6. The molecule has 0 fully saturated rings. The van der Waals surface area contributed by atoms with Crippen molar-refractivity contribution in [1.29, 1.82) is 0 Å². The Kier molecular flexibility index (Phi) is 4.33. The van der Waals surface area contributed by atoms with Crippen LogP contribution >= 0.6 is 0 Å². The van der Waals surface area contributed by atoms with Gasteiger partial charge in [-0.3, -0.25) is 19.9 Å².